The number of aryl methyl sites for hydroxylation is 1. The summed E-state index contributed by atoms with van der Waals surface area (Å²) in [6, 6.07) is 0. The molecule has 0 bridgehead atoms. The summed E-state index contributed by atoms with van der Waals surface area (Å²) in [5.74, 6) is 0. The van der Waals surface area contributed by atoms with E-state index in [1.54, 1.807) is 6.33 Å². The van der Waals surface area contributed by atoms with Gasteiger partial charge in [-0.25, -0.2) is 0 Å². The summed E-state index contributed by atoms with van der Waals surface area (Å²) in [6.07, 6.45) is 9.92. The number of hydrogen-bond donors (Lipinski definition) is 0. The van der Waals surface area contributed by atoms with Gasteiger partial charge in [0.15, 0.2) is 0 Å². The number of unbranched alkanes of at least 4 members (excludes halogenated alkanes) is 3. The zero-order valence-corrected chi connectivity index (χ0v) is 16.8. The zero-order chi connectivity index (χ0) is 14.8. The van der Waals surface area contributed by atoms with Crippen molar-refractivity contribution in [3.8, 4) is 0 Å². The standard InChI is InChI=1S/C4H6N3.3C4H9.Sn/c1-2-7-4-5-3-6-7;3*1-3-4-2;/h3H,2H2,1H3;3*1,3-4H2,2H3;. The molecule has 3 nitrogen and oxygen atoms in total. The molecule has 0 aliphatic carbocycles. The Morgan fingerprint density at radius 3 is 1.80 bits per heavy atom. The number of hydrogen-bond acceptors (Lipinski definition) is 2. The molecule has 0 aliphatic heterocycles. The molecule has 0 aliphatic rings. The average molecular weight is 386 g/mol. The van der Waals surface area contributed by atoms with Crippen molar-refractivity contribution in [1.82, 2.24) is 14.8 Å². The summed E-state index contributed by atoms with van der Waals surface area (Å²) in [6.45, 7) is 10.1. The van der Waals surface area contributed by atoms with Crippen molar-refractivity contribution in [2.45, 2.75) is 86.1 Å². The van der Waals surface area contributed by atoms with Crippen LogP contribution in [0.3, 0.4) is 0 Å². The van der Waals surface area contributed by atoms with Crippen LogP contribution in [0.4, 0.5) is 0 Å². The second-order valence-corrected chi connectivity index (χ2v) is 18.9. The van der Waals surface area contributed by atoms with E-state index in [1.807, 2.05) is 0 Å². The molecule has 1 aromatic heterocycles. The summed E-state index contributed by atoms with van der Waals surface area (Å²) in [7, 11) is 0. The van der Waals surface area contributed by atoms with Crippen LogP contribution in [-0.4, -0.2) is 33.1 Å². The molecule has 0 radical (unpaired) electrons. The molecular formula is C16H33N3Sn. The molecule has 0 amide bonds. The van der Waals surface area contributed by atoms with Crippen LogP contribution in [0.25, 0.3) is 0 Å². The molecule has 116 valence electrons. The van der Waals surface area contributed by atoms with Crippen molar-refractivity contribution < 1.29 is 0 Å². The average Bonchev–Trinajstić information content (AvgIpc) is 2.96. The summed E-state index contributed by atoms with van der Waals surface area (Å²) in [5, 5.41) is 4.48. The minimum atomic E-state index is -2.34. The number of aromatic nitrogens is 3. The van der Waals surface area contributed by atoms with Gasteiger partial charge in [-0.2, -0.15) is 0 Å². The summed E-state index contributed by atoms with van der Waals surface area (Å²) in [4.78, 5) is 4.76. The van der Waals surface area contributed by atoms with Gasteiger partial charge in [-0.3, -0.25) is 0 Å². The summed E-state index contributed by atoms with van der Waals surface area (Å²) < 4.78 is 8.10. The fraction of sp³-hybridized carbons (Fsp3) is 0.875. The second-order valence-electron chi connectivity index (χ2n) is 5.99. The van der Waals surface area contributed by atoms with Crippen LogP contribution < -0.4 is 3.84 Å². The fourth-order valence-electron chi connectivity index (χ4n) is 3.16. The molecule has 0 saturated carbocycles. The Hall–Kier alpha value is -0.0613. The Morgan fingerprint density at radius 2 is 1.40 bits per heavy atom. The first-order valence-electron chi connectivity index (χ1n) is 8.62. The molecule has 20 heavy (non-hydrogen) atoms. The fourth-order valence-corrected chi connectivity index (χ4v) is 19.2. The van der Waals surface area contributed by atoms with Gasteiger partial charge in [-0.05, 0) is 0 Å². The molecule has 0 spiro atoms. The maximum absolute atomic E-state index is 4.76. The molecule has 1 heterocycles. The van der Waals surface area contributed by atoms with Gasteiger partial charge in [0.1, 0.15) is 0 Å². The molecule has 4 heteroatoms. The van der Waals surface area contributed by atoms with Gasteiger partial charge >= 0.3 is 129 Å². The predicted molar refractivity (Wildman–Crippen MR) is 90.2 cm³/mol. The summed E-state index contributed by atoms with van der Waals surface area (Å²) in [5.41, 5.74) is 0. The number of rotatable bonds is 11. The molecule has 0 saturated heterocycles. The third-order valence-electron chi connectivity index (χ3n) is 4.42. The first kappa shape index (κ1) is 18.0. The third-order valence-corrected chi connectivity index (χ3v) is 19.5. The first-order chi connectivity index (χ1) is 9.74. The van der Waals surface area contributed by atoms with Crippen LogP contribution >= 0.6 is 0 Å². The van der Waals surface area contributed by atoms with Gasteiger partial charge in [0.05, 0.1) is 0 Å². The maximum atomic E-state index is 4.76. The molecule has 0 atom stereocenters. The Bertz CT molecular complexity index is 341. The quantitative estimate of drug-likeness (QED) is 0.530. The Kier molecular flexibility index (Phi) is 8.81. The van der Waals surface area contributed by atoms with Crippen molar-refractivity contribution >= 4 is 22.2 Å². The van der Waals surface area contributed by atoms with Gasteiger partial charge < -0.3 is 0 Å². The van der Waals surface area contributed by atoms with Crippen molar-refractivity contribution in [1.29, 1.82) is 0 Å². The molecule has 0 unspecified atom stereocenters. The van der Waals surface area contributed by atoms with Crippen LogP contribution in [-0.2, 0) is 6.54 Å². The first-order valence-corrected chi connectivity index (χ1v) is 16.1. The Balaban J connectivity index is 3.04. The van der Waals surface area contributed by atoms with Gasteiger partial charge in [0.2, 0.25) is 0 Å². The SMILES string of the molecule is CCC[CH2][Sn]([CH2]CCC)([CH2]CCC)[c]1ncnn1CC. The van der Waals surface area contributed by atoms with E-state index in [4.69, 9.17) is 4.98 Å². The molecule has 0 aromatic carbocycles. The van der Waals surface area contributed by atoms with Crippen LogP contribution in [0.1, 0.15) is 66.2 Å². The molecule has 1 rings (SSSR count). The van der Waals surface area contributed by atoms with Crippen LogP contribution in [0, 0.1) is 0 Å². The van der Waals surface area contributed by atoms with Crippen molar-refractivity contribution in [3.05, 3.63) is 6.33 Å². The van der Waals surface area contributed by atoms with Gasteiger partial charge in [0, 0.05) is 0 Å². The molecular weight excluding hydrogens is 353 g/mol. The van der Waals surface area contributed by atoms with E-state index in [9.17, 15) is 0 Å². The van der Waals surface area contributed by atoms with Crippen LogP contribution in [0.15, 0.2) is 6.33 Å². The topological polar surface area (TPSA) is 30.7 Å². The van der Waals surface area contributed by atoms with Crippen molar-refractivity contribution in [3.63, 3.8) is 0 Å². The van der Waals surface area contributed by atoms with Gasteiger partial charge in [-0.15, -0.1) is 0 Å². The Labute approximate surface area is 129 Å². The summed E-state index contributed by atoms with van der Waals surface area (Å²) >= 11 is -2.34. The van der Waals surface area contributed by atoms with Crippen molar-refractivity contribution in [2.24, 2.45) is 0 Å². The van der Waals surface area contributed by atoms with E-state index in [2.05, 4.69) is 37.5 Å². The molecule has 1 aromatic rings. The van der Waals surface area contributed by atoms with Crippen LogP contribution in [0.2, 0.25) is 13.3 Å². The normalized spacial score (nSPS) is 12.0. The third kappa shape index (κ3) is 4.74. The van der Waals surface area contributed by atoms with E-state index >= 15 is 0 Å². The van der Waals surface area contributed by atoms with Crippen LogP contribution in [0.5, 0.6) is 0 Å². The monoisotopic (exact) mass is 387 g/mol. The van der Waals surface area contributed by atoms with E-state index in [0.29, 0.717) is 0 Å². The van der Waals surface area contributed by atoms with E-state index in [1.165, 1.54) is 55.7 Å². The van der Waals surface area contributed by atoms with E-state index in [0.717, 1.165) is 6.54 Å². The Morgan fingerprint density at radius 1 is 0.900 bits per heavy atom. The van der Waals surface area contributed by atoms with E-state index < -0.39 is 18.4 Å². The molecule has 0 fully saturated rings. The van der Waals surface area contributed by atoms with Crippen molar-refractivity contribution in [2.75, 3.05) is 0 Å². The van der Waals surface area contributed by atoms with E-state index in [-0.39, 0.29) is 0 Å². The zero-order valence-electron chi connectivity index (χ0n) is 14.0. The van der Waals surface area contributed by atoms with Gasteiger partial charge in [-0.1, -0.05) is 0 Å². The molecule has 0 N–H and O–H groups in total. The number of nitrogens with zero attached hydrogens (tertiary/aromatic N) is 3. The minimum absolute atomic E-state index is 0.985. The predicted octanol–water partition coefficient (Wildman–Crippen LogP) is 4.35. The second kappa shape index (κ2) is 9.80. The van der Waals surface area contributed by atoms with Gasteiger partial charge in [0.25, 0.3) is 0 Å².